The summed E-state index contributed by atoms with van der Waals surface area (Å²) < 4.78 is 36.1. The normalized spacial score (nSPS) is 11.7. The lowest BCUT2D eigenvalue weighted by molar-refractivity contribution is -0.127. The quantitative estimate of drug-likeness (QED) is 0.706. The van der Waals surface area contributed by atoms with Crippen LogP contribution in [0.4, 0.5) is 13.2 Å². The smallest absolute Gasteiger partial charge is 0.175 e. The zero-order chi connectivity index (χ0) is 9.90. The first-order valence-corrected chi connectivity index (χ1v) is 4.40. The second-order valence-corrected chi connectivity index (χ2v) is 3.04. The largest absolute Gasteiger partial charge is 0.393 e. The molecule has 1 rings (SSSR count). The molecule has 0 spiro atoms. The molecule has 0 unspecified atom stereocenters. The molecule has 0 nitrogen and oxygen atoms in total. The van der Waals surface area contributed by atoms with Gasteiger partial charge in [-0.25, -0.2) is 0 Å². The first-order chi connectivity index (χ1) is 6.03. The predicted octanol–water partition coefficient (Wildman–Crippen LogP) is 3.22. The monoisotopic (exact) mass is 206 g/mol. The van der Waals surface area contributed by atoms with Gasteiger partial charge >= 0.3 is 6.18 Å². The Bertz CT molecular complexity index is 280. The van der Waals surface area contributed by atoms with E-state index in [9.17, 15) is 13.2 Å². The van der Waals surface area contributed by atoms with Crippen molar-refractivity contribution in [2.24, 2.45) is 0 Å². The predicted molar refractivity (Wildman–Crippen MR) is 48.9 cm³/mol. The van der Waals surface area contributed by atoms with E-state index in [0.29, 0.717) is 16.9 Å². The van der Waals surface area contributed by atoms with Crippen LogP contribution in [0.2, 0.25) is 0 Å². The molecule has 0 N–H and O–H groups in total. The van der Waals surface area contributed by atoms with Crippen LogP contribution in [0.5, 0.6) is 0 Å². The van der Waals surface area contributed by atoms with Crippen LogP contribution in [0.3, 0.4) is 0 Å². The van der Waals surface area contributed by atoms with Crippen molar-refractivity contribution < 1.29 is 13.2 Å². The fourth-order valence-electron chi connectivity index (χ4n) is 1.10. The number of halogens is 3. The molecule has 0 fully saturated rings. The van der Waals surface area contributed by atoms with Crippen molar-refractivity contribution in [3.8, 4) is 0 Å². The van der Waals surface area contributed by atoms with Crippen molar-refractivity contribution in [1.29, 1.82) is 0 Å². The van der Waals surface area contributed by atoms with E-state index in [1.165, 1.54) is 6.07 Å². The fourth-order valence-corrected chi connectivity index (χ4v) is 1.41. The summed E-state index contributed by atoms with van der Waals surface area (Å²) >= 11 is 3.96. The molecule has 72 valence electrons. The highest BCUT2D eigenvalue weighted by molar-refractivity contribution is 7.79. The van der Waals surface area contributed by atoms with E-state index < -0.39 is 12.6 Å². The van der Waals surface area contributed by atoms with E-state index in [2.05, 4.69) is 12.6 Å². The Morgan fingerprint density at radius 1 is 1.08 bits per heavy atom. The number of thiol groups is 1. The minimum atomic E-state index is -4.14. The topological polar surface area (TPSA) is 0 Å². The van der Waals surface area contributed by atoms with Crippen LogP contribution in [0.1, 0.15) is 11.1 Å². The van der Waals surface area contributed by atoms with E-state index in [4.69, 9.17) is 0 Å². The lowest BCUT2D eigenvalue weighted by Crippen LogP contribution is -2.12. The summed E-state index contributed by atoms with van der Waals surface area (Å²) in [7, 11) is 0. The molecule has 0 bridgehead atoms. The van der Waals surface area contributed by atoms with Crippen LogP contribution in [-0.4, -0.2) is 6.18 Å². The third kappa shape index (κ3) is 3.30. The lowest BCUT2D eigenvalue weighted by atomic mass is 10.1. The third-order valence-electron chi connectivity index (χ3n) is 1.68. The van der Waals surface area contributed by atoms with E-state index in [1.807, 2.05) is 0 Å². The lowest BCUT2D eigenvalue weighted by Gasteiger charge is -2.09. The van der Waals surface area contributed by atoms with Gasteiger partial charge in [-0.05, 0) is 11.1 Å². The molecule has 4 heteroatoms. The molecule has 0 aliphatic carbocycles. The minimum absolute atomic E-state index is 0.310. The molecule has 0 aliphatic rings. The van der Waals surface area contributed by atoms with Gasteiger partial charge in [-0.3, -0.25) is 0 Å². The van der Waals surface area contributed by atoms with Gasteiger partial charge in [0.05, 0.1) is 6.42 Å². The Morgan fingerprint density at radius 3 is 2.08 bits per heavy atom. The Hall–Kier alpha value is -0.640. The van der Waals surface area contributed by atoms with Gasteiger partial charge in [0.25, 0.3) is 0 Å². The maximum absolute atomic E-state index is 12.0. The van der Waals surface area contributed by atoms with Crippen molar-refractivity contribution in [2.75, 3.05) is 0 Å². The summed E-state index contributed by atoms with van der Waals surface area (Å²) in [5.41, 5.74) is 0.952. The molecule has 0 atom stereocenters. The number of rotatable bonds is 2. The molecule has 0 radical (unpaired) electrons. The molecule has 1 aromatic rings. The van der Waals surface area contributed by atoms with Gasteiger partial charge in [-0.1, -0.05) is 24.3 Å². The van der Waals surface area contributed by atoms with Crippen molar-refractivity contribution in [3.63, 3.8) is 0 Å². The Kier molecular flexibility index (Phi) is 3.25. The number of hydrogen-bond acceptors (Lipinski definition) is 1. The summed E-state index contributed by atoms with van der Waals surface area (Å²) in [5.74, 6) is 0.340. The number of alkyl halides is 3. The van der Waals surface area contributed by atoms with E-state index in [-0.39, 0.29) is 0 Å². The van der Waals surface area contributed by atoms with Crippen molar-refractivity contribution >= 4 is 12.6 Å². The van der Waals surface area contributed by atoms with Crippen molar-refractivity contribution in [1.82, 2.24) is 0 Å². The van der Waals surface area contributed by atoms with Crippen LogP contribution in [0, 0.1) is 0 Å². The zero-order valence-electron chi connectivity index (χ0n) is 6.80. The SMILES string of the molecule is FC(F)(F)Cc1ccccc1CS. The van der Waals surface area contributed by atoms with Gasteiger partial charge in [0.1, 0.15) is 0 Å². The fraction of sp³-hybridized carbons (Fsp3) is 0.333. The van der Waals surface area contributed by atoms with Crippen molar-refractivity contribution in [2.45, 2.75) is 18.3 Å². The van der Waals surface area contributed by atoms with Gasteiger partial charge in [-0.15, -0.1) is 0 Å². The van der Waals surface area contributed by atoms with Crippen LogP contribution >= 0.6 is 12.6 Å². The van der Waals surface area contributed by atoms with Gasteiger partial charge in [0.2, 0.25) is 0 Å². The summed E-state index contributed by atoms with van der Waals surface area (Å²) in [6, 6.07) is 6.46. The molecule has 0 aliphatic heterocycles. The molecule has 0 saturated carbocycles. The Morgan fingerprint density at radius 2 is 1.62 bits per heavy atom. The highest BCUT2D eigenvalue weighted by Gasteiger charge is 2.28. The molecule has 0 heterocycles. The Balaban J connectivity index is 2.87. The van der Waals surface area contributed by atoms with Crippen LogP contribution in [-0.2, 0) is 12.2 Å². The summed E-state index contributed by atoms with van der Waals surface area (Å²) in [6.45, 7) is 0. The maximum atomic E-state index is 12.0. The summed E-state index contributed by atoms with van der Waals surface area (Å²) in [6.07, 6.45) is -5.01. The first-order valence-electron chi connectivity index (χ1n) is 3.77. The average molecular weight is 206 g/mol. The van der Waals surface area contributed by atoms with Crippen LogP contribution < -0.4 is 0 Å². The van der Waals surface area contributed by atoms with Crippen LogP contribution in [0.15, 0.2) is 24.3 Å². The molecule has 13 heavy (non-hydrogen) atoms. The number of benzene rings is 1. The Labute approximate surface area is 80.2 Å². The zero-order valence-corrected chi connectivity index (χ0v) is 7.70. The second kappa shape index (κ2) is 4.05. The molecule has 0 amide bonds. The van der Waals surface area contributed by atoms with Gasteiger partial charge in [0.15, 0.2) is 0 Å². The second-order valence-electron chi connectivity index (χ2n) is 2.72. The summed E-state index contributed by atoms with van der Waals surface area (Å²) in [4.78, 5) is 0. The highest BCUT2D eigenvalue weighted by atomic mass is 32.1. The molecular weight excluding hydrogens is 197 g/mol. The minimum Gasteiger partial charge on any atom is -0.175 e. The molecule has 0 saturated heterocycles. The van der Waals surface area contributed by atoms with E-state index >= 15 is 0 Å². The maximum Gasteiger partial charge on any atom is 0.393 e. The van der Waals surface area contributed by atoms with Crippen LogP contribution in [0.25, 0.3) is 0 Å². The van der Waals surface area contributed by atoms with E-state index in [0.717, 1.165) is 0 Å². The number of hydrogen-bond donors (Lipinski definition) is 1. The highest BCUT2D eigenvalue weighted by Crippen LogP contribution is 2.23. The first kappa shape index (κ1) is 10.4. The molecular formula is C9H9F3S. The van der Waals surface area contributed by atoms with E-state index in [1.54, 1.807) is 18.2 Å². The molecule has 1 aromatic carbocycles. The van der Waals surface area contributed by atoms with Gasteiger partial charge in [-0.2, -0.15) is 25.8 Å². The standard InChI is InChI=1S/C9H9F3S/c10-9(11,12)5-7-3-1-2-4-8(7)6-13/h1-4,13H,5-6H2. The summed E-state index contributed by atoms with van der Waals surface area (Å²) in [5, 5.41) is 0. The third-order valence-corrected chi connectivity index (χ3v) is 2.02. The van der Waals surface area contributed by atoms with Gasteiger partial charge in [0, 0.05) is 5.75 Å². The average Bonchev–Trinajstić information content (AvgIpc) is 2.02. The van der Waals surface area contributed by atoms with Crippen molar-refractivity contribution in [3.05, 3.63) is 35.4 Å². The van der Waals surface area contributed by atoms with Gasteiger partial charge < -0.3 is 0 Å². The molecule has 0 aromatic heterocycles.